The Hall–Kier alpha value is -2.17. The van der Waals surface area contributed by atoms with Crippen LogP contribution in [0.5, 0.6) is 11.5 Å². The fraction of sp³-hybridized carbons (Fsp3) is 0.400. The predicted molar refractivity (Wildman–Crippen MR) is 76.7 cm³/mol. The molecule has 0 fully saturated rings. The Labute approximate surface area is 117 Å². The molecule has 0 aliphatic carbocycles. The van der Waals surface area contributed by atoms with E-state index in [4.69, 9.17) is 9.47 Å². The van der Waals surface area contributed by atoms with Gasteiger partial charge in [-0.1, -0.05) is 0 Å². The lowest BCUT2D eigenvalue weighted by atomic mass is 10.1. The number of ether oxygens (including phenoxy) is 2. The van der Waals surface area contributed by atoms with Crippen LogP contribution < -0.4 is 14.8 Å². The predicted octanol–water partition coefficient (Wildman–Crippen LogP) is 2.25. The summed E-state index contributed by atoms with van der Waals surface area (Å²) < 4.78 is 11.6. The van der Waals surface area contributed by atoms with Crippen LogP contribution in [-0.2, 0) is 6.42 Å². The van der Waals surface area contributed by atoms with E-state index < -0.39 is 0 Å². The summed E-state index contributed by atoms with van der Waals surface area (Å²) in [7, 11) is 1.61. The summed E-state index contributed by atoms with van der Waals surface area (Å²) in [4.78, 5) is 14.9. The number of aromatic nitrogens is 1. The van der Waals surface area contributed by atoms with E-state index in [9.17, 15) is 4.79 Å². The first-order valence-electron chi connectivity index (χ1n) is 6.84. The molecule has 0 bridgehead atoms. The molecule has 1 aliphatic heterocycles. The minimum Gasteiger partial charge on any atom is -0.493 e. The van der Waals surface area contributed by atoms with Crippen LogP contribution in [0.15, 0.2) is 12.1 Å². The van der Waals surface area contributed by atoms with Gasteiger partial charge < -0.3 is 19.8 Å². The van der Waals surface area contributed by atoms with Crippen molar-refractivity contribution in [1.29, 1.82) is 0 Å². The summed E-state index contributed by atoms with van der Waals surface area (Å²) >= 11 is 0. The Morgan fingerprint density at radius 1 is 1.55 bits per heavy atom. The standard InChI is InChI=1S/C15H18N2O3/c1-4-19-12-6-9-5-8(2)20-14(9)13-10(12)7-11(17-13)15(18)16-3/h6-8,17H,4-5H2,1-3H3,(H,16,18). The van der Waals surface area contributed by atoms with Crippen LogP contribution >= 0.6 is 0 Å². The van der Waals surface area contributed by atoms with Crippen LogP contribution in [0.1, 0.15) is 29.9 Å². The maximum Gasteiger partial charge on any atom is 0.267 e. The monoisotopic (exact) mass is 274 g/mol. The van der Waals surface area contributed by atoms with Crippen molar-refractivity contribution in [2.45, 2.75) is 26.4 Å². The molecule has 3 rings (SSSR count). The van der Waals surface area contributed by atoms with E-state index >= 15 is 0 Å². The third kappa shape index (κ3) is 1.90. The summed E-state index contributed by atoms with van der Waals surface area (Å²) in [6, 6.07) is 3.83. The van der Waals surface area contributed by atoms with E-state index in [1.165, 1.54) is 0 Å². The third-order valence-corrected chi connectivity index (χ3v) is 3.51. The SMILES string of the molecule is CCOc1cc2c(c3[nH]c(C(=O)NC)cc13)OC(C)C2. The molecular weight excluding hydrogens is 256 g/mol. The smallest absolute Gasteiger partial charge is 0.267 e. The molecule has 5 nitrogen and oxygen atoms in total. The number of carbonyl (C=O) groups is 1. The molecule has 2 aromatic rings. The Morgan fingerprint density at radius 2 is 2.35 bits per heavy atom. The number of hydrogen-bond donors (Lipinski definition) is 2. The zero-order chi connectivity index (χ0) is 14.3. The van der Waals surface area contributed by atoms with Crippen molar-refractivity contribution in [3.8, 4) is 11.5 Å². The Balaban J connectivity index is 2.22. The fourth-order valence-electron chi connectivity index (χ4n) is 2.66. The number of carbonyl (C=O) groups excluding carboxylic acids is 1. The van der Waals surface area contributed by atoms with Crippen LogP contribution in [0, 0.1) is 0 Å². The van der Waals surface area contributed by atoms with Crippen molar-refractivity contribution in [2.75, 3.05) is 13.7 Å². The number of rotatable bonds is 3. The first kappa shape index (κ1) is 12.8. The number of hydrogen-bond acceptors (Lipinski definition) is 3. The normalized spacial score (nSPS) is 16.9. The van der Waals surface area contributed by atoms with Gasteiger partial charge in [-0.25, -0.2) is 0 Å². The highest BCUT2D eigenvalue weighted by Gasteiger charge is 2.25. The van der Waals surface area contributed by atoms with Crippen molar-refractivity contribution in [3.63, 3.8) is 0 Å². The van der Waals surface area contributed by atoms with Crippen molar-refractivity contribution in [1.82, 2.24) is 10.3 Å². The highest BCUT2D eigenvalue weighted by molar-refractivity contribution is 6.02. The van der Waals surface area contributed by atoms with Crippen molar-refractivity contribution >= 4 is 16.8 Å². The lowest BCUT2D eigenvalue weighted by Crippen LogP contribution is -2.17. The molecule has 1 atom stereocenters. The number of aromatic amines is 1. The molecule has 20 heavy (non-hydrogen) atoms. The van der Waals surface area contributed by atoms with Gasteiger partial charge in [-0.05, 0) is 26.0 Å². The maximum absolute atomic E-state index is 11.8. The molecule has 0 saturated heterocycles. The summed E-state index contributed by atoms with van der Waals surface area (Å²) in [5.74, 6) is 1.49. The van der Waals surface area contributed by atoms with E-state index in [0.29, 0.717) is 12.3 Å². The molecule has 1 amide bonds. The Morgan fingerprint density at radius 3 is 3.05 bits per heavy atom. The van der Waals surface area contributed by atoms with Crippen LogP contribution in [0.4, 0.5) is 0 Å². The molecule has 0 radical (unpaired) electrons. The van der Waals surface area contributed by atoms with E-state index in [0.717, 1.165) is 34.4 Å². The number of fused-ring (bicyclic) bond motifs is 3. The molecule has 1 aliphatic rings. The molecule has 1 aromatic carbocycles. The number of H-pyrrole nitrogens is 1. The average molecular weight is 274 g/mol. The van der Waals surface area contributed by atoms with Gasteiger partial charge in [0.1, 0.15) is 23.3 Å². The second-order valence-electron chi connectivity index (χ2n) is 4.98. The zero-order valence-corrected chi connectivity index (χ0v) is 11.9. The highest BCUT2D eigenvalue weighted by Crippen LogP contribution is 2.41. The number of benzene rings is 1. The largest absolute Gasteiger partial charge is 0.493 e. The van der Waals surface area contributed by atoms with Gasteiger partial charge in [0, 0.05) is 24.4 Å². The van der Waals surface area contributed by atoms with Crippen LogP contribution in [-0.4, -0.2) is 30.6 Å². The van der Waals surface area contributed by atoms with Crippen LogP contribution in [0.2, 0.25) is 0 Å². The molecule has 1 unspecified atom stereocenters. The topological polar surface area (TPSA) is 63.4 Å². The highest BCUT2D eigenvalue weighted by atomic mass is 16.5. The molecule has 1 aromatic heterocycles. The third-order valence-electron chi connectivity index (χ3n) is 3.51. The minimum atomic E-state index is -0.150. The van der Waals surface area contributed by atoms with Gasteiger partial charge in [-0.15, -0.1) is 0 Å². The van der Waals surface area contributed by atoms with Crippen LogP contribution in [0.3, 0.4) is 0 Å². The maximum atomic E-state index is 11.8. The van der Waals surface area contributed by atoms with Gasteiger partial charge in [0.15, 0.2) is 0 Å². The van der Waals surface area contributed by atoms with Crippen molar-refractivity contribution < 1.29 is 14.3 Å². The molecule has 5 heteroatoms. The lowest BCUT2D eigenvalue weighted by Gasteiger charge is -2.08. The van der Waals surface area contributed by atoms with Crippen molar-refractivity contribution in [2.24, 2.45) is 0 Å². The van der Waals surface area contributed by atoms with Crippen molar-refractivity contribution in [3.05, 3.63) is 23.4 Å². The van der Waals surface area contributed by atoms with E-state index in [1.54, 1.807) is 7.05 Å². The summed E-state index contributed by atoms with van der Waals surface area (Å²) in [6.45, 7) is 4.57. The van der Waals surface area contributed by atoms with Gasteiger partial charge >= 0.3 is 0 Å². The van der Waals surface area contributed by atoms with Gasteiger partial charge in [0.05, 0.1) is 12.1 Å². The second-order valence-corrected chi connectivity index (χ2v) is 4.98. The molecule has 2 N–H and O–H groups in total. The lowest BCUT2D eigenvalue weighted by molar-refractivity contribution is 0.0959. The first-order valence-corrected chi connectivity index (χ1v) is 6.84. The van der Waals surface area contributed by atoms with E-state index in [-0.39, 0.29) is 12.0 Å². The van der Waals surface area contributed by atoms with Gasteiger partial charge in [0.2, 0.25) is 0 Å². The van der Waals surface area contributed by atoms with E-state index in [1.807, 2.05) is 26.0 Å². The quantitative estimate of drug-likeness (QED) is 0.902. The molecule has 0 saturated carbocycles. The van der Waals surface area contributed by atoms with Gasteiger partial charge in [0.25, 0.3) is 5.91 Å². The second kappa shape index (κ2) is 4.74. The summed E-state index contributed by atoms with van der Waals surface area (Å²) in [5, 5.41) is 3.51. The zero-order valence-electron chi connectivity index (χ0n) is 11.9. The van der Waals surface area contributed by atoms with Crippen LogP contribution in [0.25, 0.3) is 10.9 Å². The minimum absolute atomic E-state index is 0.150. The number of nitrogens with one attached hydrogen (secondary N) is 2. The number of amides is 1. The molecule has 2 heterocycles. The van der Waals surface area contributed by atoms with E-state index in [2.05, 4.69) is 10.3 Å². The Bertz CT molecular complexity index is 675. The van der Waals surface area contributed by atoms with Gasteiger partial charge in [-0.2, -0.15) is 0 Å². The fourth-order valence-corrected chi connectivity index (χ4v) is 2.66. The summed E-state index contributed by atoms with van der Waals surface area (Å²) in [6.07, 6.45) is 1.01. The summed E-state index contributed by atoms with van der Waals surface area (Å²) in [5.41, 5.74) is 2.48. The Kier molecular flexibility index (Phi) is 3.04. The first-order chi connectivity index (χ1) is 9.63. The average Bonchev–Trinajstić information content (AvgIpc) is 3.01. The molecule has 0 spiro atoms. The molecular formula is C15H18N2O3. The molecule has 106 valence electrons. The van der Waals surface area contributed by atoms with Gasteiger partial charge in [-0.3, -0.25) is 4.79 Å².